The third-order valence-electron chi connectivity index (χ3n) is 2.88. The zero-order valence-corrected chi connectivity index (χ0v) is 10.1. The van der Waals surface area contributed by atoms with Crippen LogP contribution in [0, 0.1) is 5.92 Å². The number of aromatic nitrogens is 1. The van der Waals surface area contributed by atoms with E-state index < -0.39 is 6.10 Å². The Morgan fingerprint density at radius 3 is 2.73 bits per heavy atom. The maximum atomic E-state index is 10.1. The van der Waals surface area contributed by atoms with Gasteiger partial charge in [-0.3, -0.25) is 4.98 Å². The van der Waals surface area contributed by atoms with Gasteiger partial charge in [0.2, 0.25) is 0 Å². The Kier molecular flexibility index (Phi) is 3.72. The minimum atomic E-state index is -0.416. The molecule has 1 unspecified atom stereocenters. The molecule has 1 aliphatic heterocycles. The summed E-state index contributed by atoms with van der Waals surface area (Å²) in [6.45, 7) is 2.00. The van der Waals surface area contributed by atoms with Crippen molar-refractivity contribution in [3.8, 4) is 0 Å². The van der Waals surface area contributed by atoms with Crippen LogP contribution in [0.25, 0.3) is 0 Å². The van der Waals surface area contributed by atoms with Crippen LogP contribution < -0.4 is 5.32 Å². The van der Waals surface area contributed by atoms with Gasteiger partial charge in [-0.05, 0) is 59.9 Å². The third kappa shape index (κ3) is 2.77. The van der Waals surface area contributed by atoms with Crippen molar-refractivity contribution < 1.29 is 5.11 Å². The summed E-state index contributed by atoms with van der Waals surface area (Å²) in [7, 11) is 0. The van der Waals surface area contributed by atoms with E-state index in [0.717, 1.165) is 36.1 Å². The molecule has 3 nitrogen and oxygen atoms in total. The molecule has 15 heavy (non-hydrogen) atoms. The number of rotatable bonds is 2. The van der Waals surface area contributed by atoms with Crippen molar-refractivity contribution in [2.45, 2.75) is 18.9 Å². The summed E-state index contributed by atoms with van der Waals surface area (Å²) in [5, 5.41) is 13.4. The number of aliphatic hydroxyl groups excluding tert-OH is 1. The van der Waals surface area contributed by atoms with Gasteiger partial charge < -0.3 is 10.4 Å². The van der Waals surface area contributed by atoms with Gasteiger partial charge in [0.15, 0.2) is 0 Å². The van der Waals surface area contributed by atoms with E-state index in [1.54, 1.807) is 6.20 Å². The number of nitrogens with zero attached hydrogens (tertiary/aromatic N) is 1. The highest BCUT2D eigenvalue weighted by Gasteiger charge is 2.23. The summed E-state index contributed by atoms with van der Waals surface area (Å²) in [5.74, 6) is 0.347. The summed E-state index contributed by atoms with van der Waals surface area (Å²) in [4.78, 5) is 4.24. The van der Waals surface area contributed by atoms with Crippen LogP contribution in [-0.4, -0.2) is 23.2 Å². The second-order valence-corrected chi connectivity index (χ2v) is 4.85. The lowest BCUT2D eigenvalue weighted by molar-refractivity contribution is 0.0851. The number of pyridine rings is 1. The van der Waals surface area contributed by atoms with Gasteiger partial charge in [-0.2, -0.15) is 0 Å². The third-order valence-corrected chi connectivity index (χ3v) is 3.35. The topological polar surface area (TPSA) is 45.2 Å². The monoisotopic (exact) mass is 270 g/mol. The van der Waals surface area contributed by atoms with Gasteiger partial charge in [-0.1, -0.05) is 0 Å². The average molecular weight is 271 g/mol. The number of halogens is 1. The van der Waals surface area contributed by atoms with E-state index in [1.165, 1.54) is 0 Å². The summed E-state index contributed by atoms with van der Waals surface area (Å²) >= 11 is 3.34. The fraction of sp³-hybridized carbons (Fsp3) is 0.545. The number of piperidine rings is 1. The normalized spacial score (nSPS) is 20.1. The van der Waals surface area contributed by atoms with Crippen LogP contribution in [-0.2, 0) is 0 Å². The first-order valence-electron chi connectivity index (χ1n) is 5.27. The fourth-order valence-corrected chi connectivity index (χ4v) is 2.20. The minimum Gasteiger partial charge on any atom is -0.387 e. The molecule has 82 valence electrons. The molecule has 0 aromatic carbocycles. The molecule has 4 heteroatoms. The fourth-order valence-electron chi connectivity index (χ4n) is 1.96. The Balaban J connectivity index is 2.05. The van der Waals surface area contributed by atoms with Gasteiger partial charge >= 0.3 is 0 Å². The Morgan fingerprint density at radius 2 is 2.13 bits per heavy atom. The smallest absolute Gasteiger partial charge is 0.0988 e. The van der Waals surface area contributed by atoms with Crippen LogP contribution in [0.15, 0.2) is 22.8 Å². The van der Waals surface area contributed by atoms with Gasteiger partial charge in [0.1, 0.15) is 0 Å². The van der Waals surface area contributed by atoms with E-state index in [4.69, 9.17) is 0 Å². The van der Waals surface area contributed by atoms with Crippen LogP contribution in [0.2, 0.25) is 0 Å². The van der Waals surface area contributed by atoms with Crippen LogP contribution in [0.1, 0.15) is 24.6 Å². The van der Waals surface area contributed by atoms with Crippen LogP contribution >= 0.6 is 15.9 Å². The van der Waals surface area contributed by atoms with Crippen molar-refractivity contribution >= 4 is 15.9 Å². The van der Waals surface area contributed by atoms with E-state index >= 15 is 0 Å². The zero-order valence-electron chi connectivity index (χ0n) is 8.49. The first-order valence-corrected chi connectivity index (χ1v) is 6.07. The van der Waals surface area contributed by atoms with Crippen molar-refractivity contribution in [2.75, 3.05) is 13.1 Å². The lowest BCUT2D eigenvalue weighted by atomic mass is 9.90. The highest BCUT2D eigenvalue weighted by Crippen LogP contribution is 2.27. The molecule has 1 fully saturated rings. The first kappa shape index (κ1) is 11.0. The number of nitrogens with one attached hydrogen (secondary N) is 1. The van der Waals surface area contributed by atoms with E-state index in [0.29, 0.717) is 5.92 Å². The summed E-state index contributed by atoms with van der Waals surface area (Å²) in [5.41, 5.74) is 0.783. The van der Waals surface area contributed by atoms with Gasteiger partial charge in [0.25, 0.3) is 0 Å². The molecule has 1 aliphatic rings. The lowest BCUT2D eigenvalue weighted by Gasteiger charge is -2.26. The Morgan fingerprint density at radius 1 is 1.40 bits per heavy atom. The Hall–Kier alpha value is -0.450. The molecule has 1 saturated heterocycles. The number of aliphatic hydroxyl groups is 1. The SMILES string of the molecule is OC(c1ccc(Br)cn1)C1CCNCC1. The summed E-state index contributed by atoms with van der Waals surface area (Å²) in [6, 6.07) is 3.81. The van der Waals surface area contributed by atoms with Crippen molar-refractivity contribution in [3.05, 3.63) is 28.5 Å². The van der Waals surface area contributed by atoms with Gasteiger partial charge in [-0.25, -0.2) is 0 Å². The maximum Gasteiger partial charge on any atom is 0.0988 e. The molecule has 1 atom stereocenters. The van der Waals surface area contributed by atoms with E-state index in [1.807, 2.05) is 12.1 Å². The van der Waals surface area contributed by atoms with E-state index in [2.05, 4.69) is 26.2 Å². The molecule has 2 rings (SSSR count). The second kappa shape index (κ2) is 5.05. The molecule has 2 heterocycles. The number of hydrogen-bond donors (Lipinski definition) is 2. The molecule has 1 aromatic rings. The van der Waals surface area contributed by atoms with Gasteiger partial charge in [0.05, 0.1) is 11.8 Å². The molecule has 1 aromatic heterocycles. The Labute approximate surface area is 98.0 Å². The van der Waals surface area contributed by atoms with Crippen LogP contribution in [0.3, 0.4) is 0 Å². The van der Waals surface area contributed by atoms with Gasteiger partial charge in [0, 0.05) is 10.7 Å². The molecular formula is C11H15BrN2O. The zero-order chi connectivity index (χ0) is 10.7. The Bertz CT molecular complexity index is 309. The molecular weight excluding hydrogens is 256 g/mol. The van der Waals surface area contributed by atoms with Crippen LogP contribution in [0.5, 0.6) is 0 Å². The van der Waals surface area contributed by atoms with Crippen molar-refractivity contribution in [1.82, 2.24) is 10.3 Å². The summed E-state index contributed by atoms with van der Waals surface area (Å²) in [6.07, 6.45) is 3.37. The van der Waals surface area contributed by atoms with Crippen molar-refractivity contribution in [1.29, 1.82) is 0 Å². The predicted molar refractivity (Wildman–Crippen MR) is 62.5 cm³/mol. The van der Waals surface area contributed by atoms with Crippen molar-refractivity contribution in [3.63, 3.8) is 0 Å². The molecule has 0 saturated carbocycles. The van der Waals surface area contributed by atoms with Crippen LogP contribution in [0.4, 0.5) is 0 Å². The second-order valence-electron chi connectivity index (χ2n) is 3.93. The molecule has 0 bridgehead atoms. The summed E-state index contributed by atoms with van der Waals surface area (Å²) < 4.78 is 0.948. The highest BCUT2D eigenvalue weighted by atomic mass is 79.9. The molecule has 0 radical (unpaired) electrons. The standard InChI is InChI=1S/C11H15BrN2O/c12-9-1-2-10(14-7-9)11(15)8-3-5-13-6-4-8/h1-2,7-8,11,13,15H,3-6H2. The first-order chi connectivity index (χ1) is 7.27. The molecule has 0 amide bonds. The molecule has 2 N–H and O–H groups in total. The largest absolute Gasteiger partial charge is 0.387 e. The predicted octanol–water partition coefficient (Wildman–Crippen LogP) is 1.88. The molecule has 0 spiro atoms. The lowest BCUT2D eigenvalue weighted by Crippen LogP contribution is -2.31. The number of hydrogen-bond acceptors (Lipinski definition) is 3. The quantitative estimate of drug-likeness (QED) is 0.863. The van der Waals surface area contributed by atoms with E-state index in [-0.39, 0.29) is 0 Å². The van der Waals surface area contributed by atoms with Crippen molar-refractivity contribution in [2.24, 2.45) is 5.92 Å². The molecule has 0 aliphatic carbocycles. The van der Waals surface area contributed by atoms with E-state index in [9.17, 15) is 5.11 Å². The average Bonchev–Trinajstić information content (AvgIpc) is 2.30. The van der Waals surface area contributed by atoms with Gasteiger partial charge in [-0.15, -0.1) is 0 Å². The highest BCUT2D eigenvalue weighted by molar-refractivity contribution is 9.10. The minimum absolute atomic E-state index is 0.347. The maximum absolute atomic E-state index is 10.1.